The molecule has 1 N–H and O–H groups in total. The molecule has 0 aromatic carbocycles. The molecule has 2 aromatic rings. The van der Waals surface area contributed by atoms with E-state index in [-0.39, 0.29) is 10.8 Å². The van der Waals surface area contributed by atoms with E-state index in [1.54, 1.807) is 0 Å². The summed E-state index contributed by atoms with van der Waals surface area (Å²) in [4.78, 5) is 0. The number of hydrogen-bond donors (Lipinski definition) is 1. The van der Waals surface area contributed by atoms with E-state index in [2.05, 4.69) is 10.2 Å². The molecular weight excluding hydrogens is 324 g/mol. The number of pyridine rings is 1. The number of hydrogen-bond acceptors (Lipinski definition) is 4. The molecule has 0 fully saturated rings. The molecule has 4 nitrogen and oxygen atoms in total. The Bertz CT molecular complexity index is 638. The van der Waals surface area contributed by atoms with Crippen LogP contribution in [0.4, 0.5) is 26.3 Å². The standard InChI is InChI=1S/C10H7F6N3OS/c11-9(12,13)5-1-2-7-17-18-8(19(7)3-5)21-4-6(20)10(14,15)16/h1-3,6,20H,4H2/t6-/m1/s1. The average Bonchev–Trinajstić information content (AvgIpc) is 2.76. The molecule has 2 rings (SSSR count). The first kappa shape index (κ1) is 15.9. The number of thioether (sulfide) groups is 1. The van der Waals surface area contributed by atoms with Crippen LogP contribution in [0.15, 0.2) is 23.5 Å². The number of halogens is 6. The minimum absolute atomic E-state index is 0.0620. The maximum absolute atomic E-state index is 12.6. The molecule has 0 bridgehead atoms. The Balaban J connectivity index is 2.25. The molecular formula is C10H7F6N3OS. The van der Waals surface area contributed by atoms with E-state index in [0.29, 0.717) is 18.0 Å². The summed E-state index contributed by atoms with van der Waals surface area (Å²) in [7, 11) is 0. The number of alkyl halides is 6. The topological polar surface area (TPSA) is 50.4 Å². The molecule has 0 radical (unpaired) electrons. The van der Waals surface area contributed by atoms with Gasteiger partial charge in [-0.15, -0.1) is 10.2 Å². The fourth-order valence-electron chi connectivity index (χ4n) is 1.38. The molecule has 0 amide bonds. The number of fused-ring (bicyclic) bond motifs is 1. The lowest BCUT2D eigenvalue weighted by Crippen LogP contribution is -2.30. The van der Waals surface area contributed by atoms with Crippen molar-refractivity contribution in [2.75, 3.05) is 5.75 Å². The summed E-state index contributed by atoms with van der Waals surface area (Å²) in [5, 5.41) is 15.7. The highest BCUT2D eigenvalue weighted by molar-refractivity contribution is 7.99. The van der Waals surface area contributed by atoms with Crippen LogP contribution in [-0.2, 0) is 6.18 Å². The van der Waals surface area contributed by atoms with Crippen LogP contribution in [0.25, 0.3) is 5.65 Å². The van der Waals surface area contributed by atoms with E-state index in [0.717, 1.165) is 16.5 Å². The van der Waals surface area contributed by atoms with Gasteiger partial charge in [0, 0.05) is 11.9 Å². The van der Waals surface area contributed by atoms with E-state index < -0.39 is 29.8 Å². The Morgan fingerprint density at radius 1 is 1.14 bits per heavy atom. The first-order chi connectivity index (χ1) is 9.59. The third-order valence-electron chi connectivity index (χ3n) is 2.45. The largest absolute Gasteiger partial charge is 0.417 e. The van der Waals surface area contributed by atoms with Gasteiger partial charge < -0.3 is 5.11 Å². The van der Waals surface area contributed by atoms with Gasteiger partial charge in [0.25, 0.3) is 0 Å². The van der Waals surface area contributed by atoms with Crippen LogP contribution in [0.1, 0.15) is 5.56 Å². The van der Waals surface area contributed by atoms with Gasteiger partial charge in [0.15, 0.2) is 16.9 Å². The predicted molar refractivity (Wildman–Crippen MR) is 60.8 cm³/mol. The highest BCUT2D eigenvalue weighted by atomic mass is 32.2. The molecule has 0 unspecified atom stereocenters. The van der Waals surface area contributed by atoms with E-state index in [9.17, 15) is 26.3 Å². The van der Waals surface area contributed by atoms with Crippen LogP contribution in [0.5, 0.6) is 0 Å². The fraction of sp³-hybridized carbons (Fsp3) is 0.400. The molecule has 0 saturated carbocycles. The normalized spacial score (nSPS) is 14.6. The summed E-state index contributed by atoms with van der Waals surface area (Å²) >= 11 is 0.463. The minimum Gasteiger partial charge on any atom is -0.383 e. The Labute approximate surface area is 117 Å². The molecule has 2 heterocycles. The maximum Gasteiger partial charge on any atom is 0.417 e. The van der Waals surface area contributed by atoms with E-state index in [1.165, 1.54) is 0 Å². The van der Waals surface area contributed by atoms with Gasteiger partial charge >= 0.3 is 12.4 Å². The number of nitrogens with zero attached hydrogens (tertiary/aromatic N) is 3. The van der Waals surface area contributed by atoms with Gasteiger partial charge in [-0.3, -0.25) is 4.40 Å². The lowest BCUT2D eigenvalue weighted by Gasteiger charge is -2.13. The molecule has 0 aliphatic rings. The van der Waals surface area contributed by atoms with Crippen LogP contribution in [0, 0.1) is 0 Å². The molecule has 116 valence electrons. The van der Waals surface area contributed by atoms with Gasteiger partial charge in [-0.1, -0.05) is 11.8 Å². The number of aromatic nitrogens is 3. The van der Waals surface area contributed by atoms with Gasteiger partial charge in [0.1, 0.15) is 0 Å². The highest BCUT2D eigenvalue weighted by Crippen LogP contribution is 2.31. The van der Waals surface area contributed by atoms with E-state index in [1.807, 2.05) is 0 Å². The van der Waals surface area contributed by atoms with Gasteiger partial charge in [-0.25, -0.2) is 0 Å². The van der Waals surface area contributed by atoms with Gasteiger partial charge in [0.2, 0.25) is 0 Å². The van der Waals surface area contributed by atoms with Crippen molar-refractivity contribution in [1.29, 1.82) is 0 Å². The zero-order chi connectivity index (χ0) is 15.8. The Kier molecular flexibility index (Phi) is 4.06. The second kappa shape index (κ2) is 5.37. The van der Waals surface area contributed by atoms with Gasteiger partial charge in [0.05, 0.1) is 5.56 Å². The lowest BCUT2D eigenvalue weighted by molar-refractivity contribution is -0.195. The first-order valence-electron chi connectivity index (χ1n) is 5.38. The quantitative estimate of drug-likeness (QED) is 0.694. The number of aliphatic hydroxyl groups excluding tert-OH is 1. The van der Waals surface area contributed by atoms with Crippen molar-refractivity contribution in [2.45, 2.75) is 23.6 Å². The summed E-state index contributed by atoms with van der Waals surface area (Å²) in [6.07, 6.45) is -11.3. The predicted octanol–water partition coefficient (Wildman–Crippen LogP) is 2.76. The van der Waals surface area contributed by atoms with Crippen molar-refractivity contribution >= 4 is 17.4 Å². The Hall–Kier alpha value is -1.49. The molecule has 2 aromatic heterocycles. The molecule has 0 spiro atoms. The van der Waals surface area contributed by atoms with Crippen molar-refractivity contribution in [3.05, 3.63) is 23.9 Å². The Morgan fingerprint density at radius 3 is 2.38 bits per heavy atom. The highest BCUT2D eigenvalue weighted by Gasteiger charge is 2.38. The van der Waals surface area contributed by atoms with Crippen molar-refractivity contribution < 1.29 is 31.4 Å². The lowest BCUT2D eigenvalue weighted by atomic mass is 10.3. The molecule has 1 atom stereocenters. The van der Waals surface area contributed by atoms with Crippen molar-refractivity contribution in [1.82, 2.24) is 14.6 Å². The smallest absolute Gasteiger partial charge is 0.383 e. The molecule has 0 aliphatic carbocycles. The van der Waals surface area contributed by atoms with Crippen LogP contribution in [-0.4, -0.2) is 37.7 Å². The summed E-state index contributed by atoms with van der Waals surface area (Å²) in [6.45, 7) is 0. The van der Waals surface area contributed by atoms with Gasteiger partial charge in [-0.05, 0) is 12.1 Å². The SMILES string of the molecule is O[C@H](CSc1nnc2ccc(C(F)(F)F)cn12)C(F)(F)F. The summed E-state index contributed by atoms with van der Waals surface area (Å²) < 4.78 is 75.1. The van der Waals surface area contributed by atoms with Crippen LogP contribution < -0.4 is 0 Å². The van der Waals surface area contributed by atoms with Crippen molar-refractivity contribution in [2.24, 2.45) is 0 Å². The van der Waals surface area contributed by atoms with Gasteiger partial charge in [-0.2, -0.15) is 26.3 Å². The minimum atomic E-state index is -4.80. The van der Waals surface area contributed by atoms with Crippen LogP contribution in [0.2, 0.25) is 0 Å². The fourth-order valence-corrected chi connectivity index (χ4v) is 2.26. The summed E-state index contributed by atoms with van der Waals surface area (Å²) in [5.41, 5.74) is -0.917. The number of rotatable bonds is 3. The van der Waals surface area contributed by atoms with Crippen molar-refractivity contribution in [3.63, 3.8) is 0 Å². The zero-order valence-electron chi connectivity index (χ0n) is 9.98. The third-order valence-corrected chi connectivity index (χ3v) is 3.47. The van der Waals surface area contributed by atoms with Crippen LogP contribution in [0.3, 0.4) is 0 Å². The molecule has 0 saturated heterocycles. The zero-order valence-corrected chi connectivity index (χ0v) is 10.8. The third kappa shape index (κ3) is 3.59. The molecule has 11 heteroatoms. The monoisotopic (exact) mass is 331 g/mol. The number of aliphatic hydroxyl groups is 1. The van der Waals surface area contributed by atoms with E-state index in [4.69, 9.17) is 5.11 Å². The second-order valence-electron chi connectivity index (χ2n) is 3.99. The summed E-state index contributed by atoms with van der Waals surface area (Å²) in [6, 6.07) is 1.85. The molecule has 0 aliphatic heterocycles. The van der Waals surface area contributed by atoms with Crippen LogP contribution >= 0.6 is 11.8 Å². The first-order valence-corrected chi connectivity index (χ1v) is 6.37. The second-order valence-corrected chi connectivity index (χ2v) is 4.98. The van der Waals surface area contributed by atoms with E-state index >= 15 is 0 Å². The summed E-state index contributed by atoms with van der Waals surface area (Å²) in [5.74, 6) is -0.791. The maximum atomic E-state index is 12.6. The average molecular weight is 331 g/mol. The van der Waals surface area contributed by atoms with Crippen molar-refractivity contribution in [3.8, 4) is 0 Å². The molecule has 21 heavy (non-hydrogen) atoms. The Morgan fingerprint density at radius 2 is 1.81 bits per heavy atom.